The van der Waals surface area contributed by atoms with Crippen LogP contribution < -0.4 is 10.1 Å². The number of benzene rings is 2. The van der Waals surface area contributed by atoms with Crippen molar-refractivity contribution < 1.29 is 14.3 Å². The molecule has 0 unspecified atom stereocenters. The third-order valence-corrected chi connectivity index (χ3v) is 4.48. The van der Waals surface area contributed by atoms with Crippen molar-refractivity contribution in [2.45, 2.75) is 13.8 Å². The molecule has 1 N–H and O–H groups in total. The predicted molar refractivity (Wildman–Crippen MR) is 102 cm³/mol. The molecule has 1 aliphatic heterocycles. The lowest BCUT2D eigenvalue weighted by atomic mass is 10.0. The molecule has 0 aromatic heterocycles. The molecule has 0 spiro atoms. The number of hydrogen-bond donors (Lipinski definition) is 1. The van der Waals surface area contributed by atoms with E-state index >= 15 is 0 Å². The molecule has 6 heteroatoms. The zero-order valence-electron chi connectivity index (χ0n) is 14.8. The van der Waals surface area contributed by atoms with E-state index in [1.54, 1.807) is 38.3 Å². The molecule has 0 atom stereocenters. The molecule has 2 aromatic rings. The summed E-state index contributed by atoms with van der Waals surface area (Å²) in [5, 5.41) is 3.68. The minimum absolute atomic E-state index is 0.239. The van der Waals surface area contributed by atoms with Gasteiger partial charge in [0.05, 0.1) is 18.4 Å². The van der Waals surface area contributed by atoms with Gasteiger partial charge in [-0.25, -0.2) is 0 Å². The first-order valence-corrected chi connectivity index (χ1v) is 8.62. The van der Waals surface area contributed by atoms with Crippen molar-refractivity contribution in [3.8, 4) is 5.75 Å². The van der Waals surface area contributed by atoms with Gasteiger partial charge in [-0.2, -0.15) is 0 Å². The van der Waals surface area contributed by atoms with E-state index in [0.717, 1.165) is 5.56 Å². The molecule has 2 aromatic carbocycles. The Morgan fingerprint density at radius 2 is 1.77 bits per heavy atom. The first-order valence-electron chi connectivity index (χ1n) is 8.24. The van der Waals surface area contributed by atoms with Crippen molar-refractivity contribution in [2.75, 3.05) is 19.0 Å². The molecule has 0 fully saturated rings. The van der Waals surface area contributed by atoms with Crippen LogP contribution in [0.2, 0.25) is 5.02 Å². The second-order valence-corrected chi connectivity index (χ2v) is 6.38. The van der Waals surface area contributed by atoms with Crippen LogP contribution in [0.5, 0.6) is 5.75 Å². The number of aryl methyl sites for hydroxylation is 1. The van der Waals surface area contributed by atoms with Crippen LogP contribution in [0, 0.1) is 6.92 Å². The molecule has 0 radical (unpaired) electrons. The maximum Gasteiger partial charge on any atom is 0.278 e. The number of carbonyl (C=O) groups excluding carboxylic acids is 2. The maximum atomic E-state index is 12.8. The first-order chi connectivity index (χ1) is 12.5. The number of rotatable bonds is 5. The average molecular weight is 371 g/mol. The zero-order chi connectivity index (χ0) is 18.8. The lowest BCUT2D eigenvalue weighted by Crippen LogP contribution is -2.32. The molecule has 3 rings (SSSR count). The molecule has 0 aliphatic carbocycles. The van der Waals surface area contributed by atoms with E-state index in [1.165, 1.54) is 4.90 Å². The Hall–Kier alpha value is -2.79. The second kappa shape index (κ2) is 7.22. The highest BCUT2D eigenvalue weighted by Gasteiger charge is 2.38. The number of imide groups is 1. The van der Waals surface area contributed by atoms with E-state index in [0.29, 0.717) is 34.1 Å². The Balaban J connectivity index is 2.13. The molecular formula is C20H19ClN2O3. The van der Waals surface area contributed by atoms with Crippen molar-refractivity contribution in [1.29, 1.82) is 0 Å². The zero-order valence-corrected chi connectivity index (χ0v) is 15.6. The lowest BCUT2D eigenvalue weighted by Gasteiger charge is -2.14. The third-order valence-electron chi connectivity index (χ3n) is 4.23. The summed E-state index contributed by atoms with van der Waals surface area (Å²) in [6.07, 6.45) is 0. The van der Waals surface area contributed by atoms with E-state index in [4.69, 9.17) is 16.3 Å². The minimum Gasteiger partial charge on any atom is -0.495 e. The minimum atomic E-state index is -0.356. The van der Waals surface area contributed by atoms with E-state index in [1.807, 2.05) is 25.1 Å². The monoisotopic (exact) mass is 370 g/mol. The van der Waals surface area contributed by atoms with Crippen LogP contribution >= 0.6 is 11.6 Å². The highest BCUT2D eigenvalue weighted by Crippen LogP contribution is 2.34. The van der Waals surface area contributed by atoms with Crippen LogP contribution in [-0.4, -0.2) is 30.4 Å². The number of carbonyl (C=O) groups is 2. The van der Waals surface area contributed by atoms with Gasteiger partial charge in [-0.05, 0) is 49.2 Å². The largest absolute Gasteiger partial charge is 0.495 e. The number of nitrogens with zero attached hydrogens (tertiary/aromatic N) is 1. The third kappa shape index (κ3) is 3.18. The van der Waals surface area contributed by atoms with E-state index in [-0.39, 0.29) is 17.5 Å². The van der Waals surface area contributed by atoms with Gasteiger partial charge in [0.15, 0.2) is 0 Å². The Morgan fingerprint density at radius 3 is 2.38 bits per heavy atom. The van der Waals surface area contributed by atoms with Gasteiger partial charge in [0.2, 0.25) is 0 Å². The molecular weight excluding hydrogens is 352 g/mol. The van der Waals surface area contributed by atoms with Gasteiger partial charge < -0.3 is 10.1 Å². The number of methoxy groups -OCH3 is 1. The molecule has 134 valence electrons. The van der Waals surface area contributed by atoms with Crippen LogP contribution in [0.25, 0.3) is 5.57 Å². The summed E-state index contributed by atoms with van der Waals surface area (Å²) in [6.45, 7) is 4.01. The van der Waals surface area contributed by atoms with Gasteiger partial charge in [-0.3, -0.25) is 14.5 Å². The summed E-state index contributed by atoms with van der Waals surface area (Å²) in [6, 6.07) is 12.5. The number of hydrogen-bond acceptors (Lipinski definition) is 4. The number of amides is 2. The highest BCUT2D eigenvalue weighted by molar-refractivity contribution is 6.37. The molecule has 2 amide bonds. The lowest BCUT2D eigenvalue weighted by molar-refractivity contribution is -0.136. The number of nitrogens with one attached hydrogen (secondary N) is 1. The summed E-state index contributed by atoms with van der Waals surface area (Å²) in [7, 11) is 1.56. The number of ether oxygens (including phenoxy) is 1. The van der Waals surface area contributed by atoms with Gasteiger partial charge >= 0.3 is 0 Å². The fraction of sp³-hybridized carbons (Fsp3) is 0.200. The van der Waals surface area contributed by atoms with Gasteiger partial charge in [0.25, 0.3) is 11.8 Å². The molecule has 0 bridgehead atoms. The van der Waals surface area contributed by atoms with Crippen molar-refractivity contribution in [2.24, 2.45) is 0 Å². The number of anilines is 1. The molecule has 0 saturated heterocycles. The van der Waals surface area contributed by atoms with Crippen LogP contribution in [0.15, 0.2) is 48.2 Å². The standard InChI is InChI=1S/C20H19ClN2O3/c1-4-23-19(24)17(13-6-8-14(21)9-7-13)18(20(23)25)22-15-11-12(2)5-10-16(15)26-3/h5-11,22H,4H2,1-3H3. The summed E-state index contributed by atoms with van der Waals surface area (Å²) in [4.78, 5) is 26.8. The maximum absolute atomic E-state index is 12.8. The van der Waals surface area contributed by atoms with Gasteiger partial charge in [0, 0.05) is 11.6 Å². The van der Waals surface area contributed by atoms with Gasteiger partial charge in [-0.1, -0.05) is 29.8 Å². The fourth-order valence-electron chi connectivity index (χ4n) is 2.92. The first kappa shape index (κ1) is 18.0. The van der Waals surface area contributed by atoms with Crippen LogP contribution in [-0.2, 0) is 9.59 Å². The van der Waals surface area contributed by atoms with Gasteiger partial charge in [0.1, 0.15) is 11.4 Å². The Labute approximate surface area is 157 Å². The molecule has 5 nitrogen and oxygen atoms in total. The van der Waals surface area contributed by atoms with Crippen molar-refractivity contribution >= 4 is 34.7 Å². The van der Waals surface area contributed by atoms with Crippen molar-refractivity contribution in [3.63, 3.8) is 0 Å². The fourth-order valence-corrected chi connectivity index (χ4v) is 3.04. The van der Waals surface area contributed by atoms with Crippen LogP contribution in [0.1, 0.15) is 18.1 Å². The Bertz CT molecular complexity index is 904. The van der Waals surface area contributed by atoms with Crippen molar-refractivity contribution in [3.05, 3.63) is 64.3 Å². The van der Waals surface area contributed by atoms with Crippen LogP contribution in [0.3, 0.4) is 0 Å². The SMILES string of the molecule is CCN1C(=O)C(Nc2cc(C)ccc2OC)=C(c2ccc(Cl)cc2)C1=O. The second-order valence-electron chi connectivity index (χ2n) is 5.94. The topological polar surface area (TPSA) is 58.6 Å². The number of likely N-dealkylation sites (N-methyl/N-ethyl adjacent to an activating group) is 1. The molecule has 1 heterocycles. The highest BCUT2D eigenvalue weighted by atomic mass is 35.5. The van der Waals surface area contributed by atoms with E-state index in [2.05, 4.69) is 5.32 Å². The van der Waals surface area contributed by atoms with Gasteiger partial charge in [-0.15, -0.1) is 0 Å². The van der Waals surface area contributed by atoms with E-state index < -0.39 is 0 Å². The van der Waals surface area contributed by atoms with Crippen LogP contribution in [0.4, 0.5) is 5.69 Å². The predicted octanol–water partition coefficient (Wildman–Crippen LogP) is 3.87. The van der Waals surface area contributed by atoms with E-state index in [9.17, 15) is 9.59 Å². The molecule has 26 heavy (non-hydrogen) atoms. The number of halogens is 1. The quantitative estimate of drug-likeness (QED) is 0.812. The summed E-state index contributed by atoms with van der Waals surface area (Å²) < 4.78 is 5.37. The summed E-state index contributed by atoms with van der Waals surface area (Å²) in [5.41, 5.74) is 2.84. The normalized spacial score (nSPS) is 14.2. The average Bonchev–Trinajstić information content (AvgIpc) is 2.86. The Morgan fingerprint density at radius 1 is 1.08 bits per heavy atom. The Kier molecular flexibility index (Phi) is 5.00. The summed E-state index contributed by atoms with van der Waals surface area (Å²) in [5.74, 6) is -0.0892. The van der Waals surface area contributed by atoms with Crippen molar-refractivity contribution in [1.82, 2.24) is 4.90 Å². The summed E-state index contributed by atoms with van der Waals surface area (Å²) >= 11 is 5.95. The molecule has 1 aliphatic rings. The smallest absolute Gasteiger partial charge is 0.278 e. The molecule has 0 saturated carbocycles.